The largest absolute Gasteiger partial charge is 0.352 e. The monoisotopic (exact) mass is 412 g/mol. The number of carbonyl (C=O) groups excluding carboxylic acids is 1. The lowest BCUT2D eigenvalue weighted by atomic mass is 9.97. The molecular formula is C20H20N4O4S. The normalized spacial score (nSPS) is 13.2. The van der Waals surface area contributed by atoms with Crippen LogP contribution in [0, 0.1) is 10.1 Å². The number of rotatable bonds is 6. The van der Waals surface area contributed by atoms with Crippen LogP contribution in [0.1, 0.15) is 41.1 Å². The molecule has 1 aromatic carbocycles. The molecule has 1 amide bonds. The molecule has 29 heavy (non-hydrogen) atoms. The van der Waals surface area contributed by atoms with Crippen LogP contribution >= 0.6 is 11.3 Å². The number of carbonyl (C=O) groups is 1. The number of aromatic amines is 1. The van der Waals surface area contributed by atoms with Gasteiger partial charge in [-0.25, -0.2) is 4.98 Å². The number of aromatic nitrogens is 2. The van der Waals surface area contributed by atoms with Gasteiger partial charge in [-0.15, -0.1) is 11.3 Å². The summed E-state index contributed by atoms with van der Waals surface area (Å²) in [5.74, 6) is 0.302. The summed E-state index contributed by atoms with van der Waals surface area (Å²) in [7, 11) is 0. The zero-order valence-corrected chi connectivity index (χ0v) is 16.5. The molecule has 2 heterocycles. The molecule has 0 saturated carbocycles. The van der Waals surface area contributed by atoms with Gasteiger partial charge in [0.25, 0.3) is 11.2 Å². The number of nitrogens with one attached hydrogen (secondary N) is 2. The third kappa shape index (κ3) is 4.19. The van der Waals surface area contributed by atoms with E-state index in [0.717, 1.165) is 36.1 Å². The maximum Gasteiger partial charge on any atom is 0.269 e. The molecular weight excluding hydrogens is 392 g/mol. The van der Waals surface area contributed by atoms with Crippen molar-refractivity contribution in [3.63, 3.8) is 0 Å². The summed E-state index contributed by atoms with van der Waals surface area (Å²) >= 11 is 1.59. The summed E-state index contributed by atoms with van der Waals surface area (Å²) in [5.41, 5.74) is 1.67. The van der Waals surface area contributed by atoms with E-state index in [9.17, 15) is 19.7 Å². The number of H-pyrrole nitrogens is 1. The number of thiophene rings is 1. The minimum Gasteiger partial charge on any atom is -0.352 e. The van der Waals surface area contributed by atoms with E-state index in [-0.39, 0.29) is 30.1 Å². The van der Waals surface area contributed by atoms with Gasteiger partial charge in [-0.1, -0.05) is 12.1 Å². The Morgan fingerprint density at radius 2 is 2.14 bits per heavy atom. The van der Waals surface area contributed by atoms with E-state index in [1.54, 1.807) is 23.5 Å². The highest BCUT2D eigenvalue weighted by molar-refractivity contribution is 7.18. The summed E-state index contributed by atoms with van der Waals surface area (Å²) in [6.45, 7) is 0.209. The molecule has 3 aromatic rings. The summed E-state index contributed by atoms with van der Waals surface area (Å²) in [6.07, 6.45) is 4.69. The third-order valence-electron chi connectivity index (χ3n) is 5.07. The zero-order chi connectivity index (χ0) is 20.4. The first-order chi connectivity index (χ1) is 14.0. The predicted octanol–water partition coefficient (Wildman–Crippen LogP) is 3.02. The van der Waals surface area contributed by atoms with E-state index in [0.29, 0.717) is 23.2 Å². The molecule has 2 N–H and O–H groups in total. The highest BCUT2D eigenvalue weighted by atomic mass is 32.1. The fraction of sp³-hybridized carbons (Fsp3) is 0.350. The van der Waals surface area contributed by atoms with Crippen molar-refractivity contribution in [2.24, 2.45) is 0 Å². The molecule has 1 aliphatic rings. The summed E-state index contributed by atoms with van der Waals surface area (Å²) in [5, 5.41) is 14.3. The Hall–Kier alpha value is -3.07. The number of nitro groups is 1. The SMILES string of the molecule is O=C(CCc1nc2sc3c(c2c(=O)[nH]1)CCCC3)NCc1cccc([N+](=O)[O-])c1. The first kappa shape index (κ1) is 19.3. The van der Waals surface area contributed by atoms with Gasteiger partial charge >= 0.3 is 0 Å². The van der Waals surface area contributed by atoms with Crippen molar-refractivity contribution in [3.05, 3.63) is 66.6 Å². The predicted molar refractivity (Wildman–Crippen MR) is 110 cm³/mol. The van der Waals surface area contributed by atoms with E-state index >= 15 is 0 Å². The smallest absolute Gasteiger partial charge is 0.269 e. The number of fused-ring (bicyclic) bond motifs is 3. The fourth-order valence-corrected chi connectivity index (χ4v) is 4.91. The molecule has 150 valence electrons. The average Bonchev–Trinajstić information content (AvgIpc) is 3.09. The Morgan fingerprint density at radius 3 is 2.97 bits per heavy atom. The van der Waals surface area contributed by atoms with Crippen LogP contribution in [0.2, 0.25) is 0 Å². The quantitative estimate of drug-likeness (QED) is 0.477. The molecule has 8 nitrogen and oxygen atoms in total. The summed E-state index contributed by atoms with van der Waals surface area (Å²) in [6, 6.07) is 6.15. The van der Waals surface area contributed by atoms with Crippen LogP contribution in [-0.2, 0) is 30.6 Å². The number of hydrogen-bond donors (Lipinski definition) is 2. The van der Waals surface area contributed by atoms with Gasteiger partial charge in [0, 0.05) is 36.4 Å². The maximum atomic E-state index is 12.5. The molecule has 0 radical (unpaired) electrons. The van der Waals surface area contributed by atoms with Crippen LogP contribution < -0.4 is 10.9 Å². The van der Waals surface area contributed by atoms with Crippen LogP contribution in [0.25, 0.3) is 10.2 Å². The molecule has 0 saturated heterocycles. The van der Waals surface area contributed by atoms with Crippen molar-refractivity contribution in [3.8, 4) is 0 Å². The maximum absolute atomic E-state index is 12.5. The van der Waals surface area contributed by atoms with Crippen molar-refractivity contribution in [2.75, 3.05) is 0 Å². The van der Waals surface area contributed by atoms with E-state index in [2.05, 4.69) is 15.3 Å². The molecule has 0 fully saturated rings. The van der Waals surface area contributed by atoms with Crippen LogP contribution in [0.4, 0.5) is 5.69 Å². The summed E-state index contributed by atoms with van der Waals surface area (Å²) in [4.78, 5) is 44.4. The lowest BCUT2D eigenvalue weighted by molar-refractivity contribution is -0.384. The second kappa shape index (κ2) is 8.12. The van der Waals surface area contributed by atoms with Gasteiger partial charge < -0.3 is 10.3 Å². The number of nitrogens with zero attached hydrogens (tertiary/aromatic N) is 2. The topological polar surface area (TPSA) is 118 Å². The van der Waals surface area contributed by atoms with E-state index in [1.807, 2.05) is 0 Å². The minimum absolute atomic E-state index is 0.00882. The Labute approximate surface area is 170 Å². The van der Waals surface area contributed by atoms with E-state index < -0.39 is 4.92 Å². The zero-order valence-electron chi connectivity index (χ0n) is 15.7. The molecule has 0 bridgehead atoms. The van der Waals surface area contributed by atoms with Gasteiger partial charge in [0.15, 0.2) is 0 Å². The second-order valence-corrected chi connectivity index (χ2v) is 8.19. The molecule has 0 spiro atoms. The first-order valence-corrected chi connectivity index (χ1v) is 10.4. The van der Waals surface area contributed by atoms with Crippen molar-refractivity contribution in [1.82, 2.24) is 15.3 Å². The number of aryl methyl sites for hydroxylation is 3. The van der Waals surface area contributed by atoms with Gasteiger partial charge in [0.05, 0.1) is 10.3 Å². The average molecular weight is 412 g/mol. The molecule has 4 rings (SSSR count). The number of amides is 1. The molecule has 0 atom stereocenters. The van der Waals surface area contributed by atoms with Gasteiger partial charge in [-0.05, 0) is 36.8 Å². The Bertz CT molecular complexity index is 1150. The van der Waals surface area contributed by atoms with Crippen molar-refractivity contribution >= 4 is 33.1 Å². The summed E-state index contributed by atoms with van der Waals surface area (Å²) < 4.78 is 0. The molecule has 1 aliphatic carbocycles. The lowest BCUT2D eigenvalue weighted by Gasteiger charge is -2.09. The van der Waals surface area contributed by atoms with Crippen LogP contribution in [-0.4, -0.2) is 20.8 Å². The molecule has 2 aromatic heterocycles. The minimum atomic E-state index is -0.466. The lowest BCUT2D eigenvalue weighted by Crippen LogP contribution is -2.23. The fourth-order valence-electron chi connectivity index (χ4n) is 3.63. The Kier molecular flexibility index (Phi) is 5.39. The molecule has 0 aliphatic heterocycles. The van der Waals surface area contributed by atoms with E-state index in [1.165, 1.54) is 17.0 Å². The highest BCUT2D eigenvalue weighted by Crippen LogP contribution is 2.33. The van der Waals surface area contributed by atoms with Crippen molar-refractivity contribution in [1.29, 1.82) is 0 Å². The number of non-ortho nitro benzene ring substituents is 1. The highest BCUT2D eigenvalue weighted by Gasteiger charge is 2.19. The van der Waals surface area contributed by atoms with Crippen LogP contribution in [0.5, 0.6) is 0 Å². The first-order valence-electron chi connectivity index (χ1n) is 9.55. The molecule has 9 heteroatoms. The Balaban J connectivity index is 1.39. The van der Waals surface area contributed by atoms with Gasteiger partial charge in [0.1, 0.15) is 10.7 Å². The number of hydrogen-bond acceptors (Lipinski definition) is 6. The standard InChI is InChI=1S/C20H20N4O4S/c25-17(21-11-12-4-3-5-13(10-12)24(27)28)9-8-16-22-19(26)18-14-6-1-2-7-15(14)29-20(18)23-16/h3-5,10H,1-2,6-9,11H2,(H,21,25)(H,22,23,26). The van der Waals surface area contributed by atoms with Gasteiger partial charge in [-0.3, -0.25) is 19.7 Å². The number of nitro benzene ring substituents is 1. The van der Waals surface area contributed by atoms with Crippen molar-refractivity contribution < 1.29 is 9.72 Å². The number of benzene rings is 1. The third-order valence-corrected chi connectivity index (χ3v) is 6.26. The Morgan fingerprint density at radius 1 is 1.31 bits per heavy atom. The molecule has 0 unspecified atom stereocenters. The van der Waals surface area contributed by atoms with Crippen molar-refractivity contribution in [2.45, 2.75) is 45.1 Å². The van der Waals surface area contributed by atoms with Crippen LogP contribution in [0.3, 0.4) is 0 Å². The second-order valence-electron chi connectivity index (χ2n) is 7.11. The van der Waals surface area contributed by atoms with Gasteiger partial charge in [0.2, 0.25) is 5.91 Å². The van der Waals surface area contributed by atoms with Gasteiger partial charge in [-0.2, -0.15) is 0 Å². The van der Waals surface area contributed by atoms with Crippen LogP contribution in [0.15, 0.2) is 29.1 Å². The van der Waals surface area contributed by atoms with E-state index in [4.69, 9.17) is 0 Å².